The number of nitrogens with one attached hydrogen (secondary N) is 1. The lowest BCUT2D eigenvalue weighted by Crippen LogP contribution is -2.40. The zero-order chi connectivity index (χ0) is 36.6. The average molecular weight is 693 g/mol. The van der Waals surface area contributed by atoms with Crippen LogP contribution in [0.2, 0.25) is 0 Å². The molecule has 3 aromatic carbocycles. The van der Waals surface area contributed by atoms with Gasteiger partial charge in [-0.1, -0.05) is 23.4 Å². The van der Waals surface area contributed by atoms with Crippen LogP contribution in [0.1, 0.15) is 82.7 Å². The molecule has 1 spiro atoms. The number of halogens is 3. The number of oxime groups is 1. The van der Waals surface area contributed by atoms with Gasteiger partial charge in [-0.05, 0) is 95.8 Å². The van der Waals surface area contributed by atoms with Crippen LogP contribution in [-0.4, -0.2) is 48.8 Å². The summed E-state index contributed by atoms with van der Waals surface area (Å²) in [4.78, 5) is 34.4. The number of hydrogen-bond donors (Lipinski definition) is 1. The van der Waals surface area contributed by atoms with E-state index in [1.165, 1.54) is 24.1 Å². The Morgan fingerprint density at radius 2 is 1.66 bits per heavy atom. The average Bonchev–Trinajstić information content (AvgIpc) is 3.76. The summed E-state index contributed by atoms with van der Waals surface area (Å²) in [5, 5.41) is 16.9. The van der Waals surface area contributed by atoms with E-state index in [9.17, 15) is 28.0 Å². The van der Waals surface area contributed by atoms with Crippen molar-refractivity contribution in [3.63, 3.8) is 0 Å². The lowest BCUT2D eigenvalue weighted by Gasteiger charge is -2.27. The van der Waals surface area contributed by atoms with Crippen LogP contribution in [-0.2, 0) is 24.6 Å². The molecule has 13 heteroatoms. The Hall–Kier alpha value is -5.25. The highest BCUT2D eigenvalue weighted by Gasteiger charge is 2.54. The third-order valence-electron chi connectivity index (χ3n) is 8.44. The van der Waals surface area contributed by atoms with Crippen LogP contribution in [0, 0.1) is 11.3 Å². The highest BCUT2D eigenvalue weighted by molar-refractivity contribution is 6.03. The molecule has 0 aromatic heterocycles. The Balaban J connectivity index is 1.49. The fourth-order valence-electron chi connectivity index (χ4n) is 5.67. The normalized spacial score (nSPS) is 15.9. The first kappa shape index (κ1) is 36.0. The largest absolute Gasteiger partial charge is 0.573 e. The maximum atomic E-state index is 14.5. The Labute approximate surface area is 288 Å². The van der Waals surface area contributed by atoms with Crippen molar-refractivity contribution in [2.24, 2.45) is 5.16 Å². The standard InChI is InChI=1S/C37H39F3N4O6/c1-22(43-50-35(5,6)33(46)49-34(2,3)4)25-16-26(18-28(17-25)47-7)42-31(24-10-8-23(20-41)9-11-24)32(45)44-21-36(14-15-36)29-13-12-27(19-30(29)44)48-37(38,39)40/h8-13,16-19,31,42H,14-15,21H2,1-7H3/b43-22+. The summed E-state index contributed by atoms with van der Waals surface area (Å²) in [5.74, 6) is -0.999. The highest BCUT2D eigenvalue weighted by Crippen LogP contribution is 2.57. The fraction of sp³-hybridized carbons (Fsp3) is 0.405. The van der Waals surface area contributed by atoms with Crippen LogP contribution >= 0.6 is 0 Å². The lowest BCUT2D eigenvalue weighted by molar-refractivity contribution is -0.274. The van der Waals surface area contributed by atoms with Crippen LogP contribution in [0.15, 0.2) is 65.8 Å². The molecular weight excluding hydrogens is 653 g/mol. The molecule has 0 saturated heterocycles. The smallest absolute Gasteiger partial charge is 0.497 e. The molecular formula is C37H39F3N4O6. The van der Waals surface area contributed by atoms with Crippen LogP contribution in [0.25, 0.3) is 0 Å². The maximum absolute atomic E-state index is 14.5. The van der Waals surface area contributed by atoms with Gasteiger partial charge in [0.2, 0.25) is 5.60 Å². The van der Waals surface area contributed by atoms with E-state index >= 15 is 0 Å². The fourth-order valence-corrected chi connectivity index (χ4v) is 5.67. The van der Waals surface area contributed by atoms with Gasteiger partial charge >= 0.3 is 12.3 Å². The molecule has 2 aliphatic rings. The van der Waals surface area contributed by atoms with Crippen LogP contribution < -0.4 is 19.7 Å². The van der Waals surface area contributed by atoms with Gasteiger partial charge in [-0.2, -0.15) is 5.26 Å². The second kappa shape index (κ2) is 13.2. The van der Waals surface area contributed by atoms with Crippen molar-refractivity contribution in [2.75, 3.05) is 23.9 Å². The van der Waals surface area contributed by atoms with Crippen LogP contribution in [0.3, 0.4) is 0 Å². The van der Waals surface area contributed by atoms with Gasteiger partial charge in [-0.3, -0.25) is 4.79 Å². The number of benzene rings is 3. The molecule has 5 rings (SSSR count). The molecule has 0 radical (unpaired) electrons. The van der Waals surface area contributed by atoms with Gasteiger partial charge in [0.1, 0.15) is 23.1 Å². The number of hydrogen-bond acceptors (Lipinski definition) is 9. The quantitative estimate of drug-likeness (QED) is 0.131. The van der Waals surface area contributed by atoms with Crippen LogP contribution in [0.4, 0.5) is 24.5 Å². The van der Waals surface area contributed by atoms with Crippen molar-refractivity contribution >= 4 is 29.0 Å². The van der Waals surface area contributed by atoms with E-state index in [0.29, 0.717) is 46.1 Å². The number of carbonyl (C=O) groups is 2. The summed E-state index contributed by atoms with van der Waals surface area (Å²) in [6, 6.07) is 16.8. The number of carbonyl (C=O) groups excluding carboxylic acids is 2. The summed E-state index contributed by atoms with van der Waals surface area (Å²) in [6.07, 6.45) is -3.31. The number of amides is 1. The van der Waals surface area contributed by atoms with Crippen molar-refractivity contribution < 1.29 is 41.8 Å². The number of esters is 1. The second-order valence-corrected chi connectivity index (χ2v) is 14.0. The number of nitriles is 1. The summed E-state index contributed by atoms with van der Waals surface area (Å²) >= 11 is 0. The van der Waals surface area contributed by atoms with Crippen molar-refractivity contribution in [1.29, 1.82) is 5.26 Å². The van der Waals surface area contributed by atoms with Gasteiger partial charge in [-0.15, -0.1) is 13.2 Å². The Morgan fingerprint density at radius 1 is 0.980 bits per heavy atom. The Bertz CT molecular complexity index is 1850. The van der Waals surface area contributed by atoms with Crippen molar-refractivity contribution in [3.8, 4) is 17.6 Å². The Kier molecular flexibility index (Phi) is 9.53. The topological polar surface area (TPSA) is 122 Å². The number of anilines is 2. The van der Waals surface area contributed by atoms with Crippen molar-refractivity contribution in [2.45, 2.75) is 83.4 Å². The SMILES string of the molecule is COc1cc(NC(C(=O)N2CC3(CC3)c3ccc(OC(F)(F)F)cc32)c2ccc(C#N)cc2)cc(/C(C)=N/OC(C)(C)C(=O)OC(C)(C)C)c1. The maximum Gasteiger partial charge on any atom is 0.573 e. The molecule has 0 bridgehead atoms. The number of fused-ring (bicyclic) bond motifs is 2. The summed E-state index contributed by atoms with van der Waals surface area (Å²) in [6.45, 7) is 10.3. The van der Waals surface area contributed by atoms with Gasteiger partial charge in [-0.25, -0.2) is 4.79 Å². The third kappa shape index (κ3) is 8.13. The van der Waals surface area contributed by atoms with E-state index in [1.54, 1.807) is 90.1 Å². The molecule has 1 N–H and O–H groups in total. The first-order valence-electron chi connectivity index (χ1n) is 16.0. The number of rotatable bonds is 10. The number of ether oxygens (including phenoxy) is 3. The summed E-state index contributed by atoms with van der Waals surface area (Å²) in [7, 11) is 1.48. The van der Waals surface area contributed by atoms with E-state index in [0.717, 1.165) is 18.4 Å². The molecule has 264 valence electrons. The molecule has 1 saturated carbocycles. The second-order valence-electron chi connectivity index (χ2n) is 14.0. The van der Waals surface area contributed by atoms with Crippen molar-refractivity contribution in [1.82, 2.24) is 0 Å². The number of methoxy groups -OCH3 is 1. The zero-order valence-electron chi connectivity index (χ0n) is 28.9. The number of alkyl halides is 3. The minimum atomic E-state index is -4.90. The van der Waals surface area contributed by atoms with E-state index in [2.05, 4.69) is 21.3 Å². The van der Waals surface area contributed by atoms with E-state index in [-0.39, 0.29) is 5.41 Å². The van der Waals surface area contributed by atoms with Gasteiger partial charge in [0.05, 0.1) is 30.1 Å². The molecule has 10 nitrogen and oxygen atoms in total. The molecule has 1 amide bonds. The molecule has 1 heterocycles. The monoisotopic (exact) mass is 692 g/mol. The van der Waals surface area contributed by atoms with Crippen LogP contribution in [0.5, 0.6) is 11.5 Å². The Morgan fingerprint density at radius 3 is 2.24 bits per heavy atom. The molecule has 1 atom stereocenters. The zero-order valence-corrected chi connectivity index (χ0v) is 28.9. The van der Waals surface area contributed by atoms with Gasteiger partial charge in [0.25, 0.3) is 5.91 Å². The molecule has 1 unspecified atom stereocenters. The van der Waals surface area contributed by atoms with Gasteiger partial charge in [0, 0.05) is 35.3 Å². The molecule has 1 aliphatic carbocycles. The predicted octanol–water partition coefficient (Wildman–Crippen LogP) is 7.56. The van der Waals surface area contributed by atoms with Crippen molar-refractivity contribution in [3.05, 3.63) is 82.9 Å². The van der Waals surface area contributed by atoms with E-state index < -0.39 is 41.2 Å². The van der Waals surface area contributed by atoms with Gasteiger partial charge < -0.3 is 29.3 Å². The minimum absolute atomic E-state index is 0.297. The molecule has 50 heavy (non-hydrogen) atoms. The van der Waals surface area contributed by atoms with E-state index in [1.807, 2.05) is 0 Å². The molecule has 3 aromatic rings. The lowest BCUT2D eigenvalue weighted by atomic mass is 9.99. The van der Waals surface area contributed by atoms with Gasteiger partial charge in [0.15, 0.2) is 0 Å². The molecule has 1 fully saturated rings. The van der Waals surface area contributed by atoms with E-state index in [4.69, 9.17) is 14.3 Å². The summed E-state index contributed by atoms with van der Waals surface area (Å²) in [5.41, 5.74) is 1.02. The molecule has 1 aliphatic heterocycles. The summed E-state index contributed by atoms with van der Waals surface area (Å²) < 4.78 is 54.6. The number of nitrogens with zero attached hydrogens (tertiary/aromatic N) is 3. The first-order valence-corrected chi connectivity index (χ1v) is 16.0. The third-order valence-corrected chi connectivity index (χ3v) is 8.44. The minimum Gasteiger partial charge on any atom is -0.497 e. The first-order chi connectivity index (χ1) is 23.3. The highest BCUT2D eigenvalue weighted by atomic mass is 19.4. The predicted molar refractivity (Wildman–Crippen MR) is 180 cm³/mol.